The van der Waals surface area contributed by atoms with Crippen molar-refractivity contribution in [2.75, 3.05) is 17.7 Å². The monoisotopic (exact) mass is 387 g/mol. The Morgan fingerprint density at radius 2 is 2.08 bits per heavy atom. The van der Waals surface area contributed by atoms with Crippen molar-refractivity contribution in [3.05, 3.63) is 65.9 Å². The third-order valence-corrected chi connectivity index (χ3v) is 4.68. The van der Waals surface area contributed by atoms with Crippen molar-refractivity contribution in [2.45, 2.75) is 12.1 Å². The van der Waals surface area contributed by atoms with Crippen LogP contribution < -0.4 is 10.1 Å². The number of imidazole rings is 1. The number of rotatable bonds is 7. The normalized spacial score (nSPS) is 10.5. The molecule has 0 radical (unpaired) electrons. The number of hydrogen-bond acceptors (Lipinski definition) is 4. The number of aromatic nitrogens is 2. The standard InChI is InChI=1S/C19H18ClN3O2S/c1-2-25-17-8-6-15(7-9-17)22-18(24)13-26-19-21-10-11-23(19)16-5-3-4-14(20)12-16/h3-12H,2,13H2,1H3,(H,22,24). The average Bonchev–Trinajstić information content (AvgIpc) is 3.10. The summed E-state index contributed by atoms with van der Waals surface area (Å²) in [6, 6.07) is 14.8. The van der Waals surface area contributed by atoms with E-state index in [9.17, 15) is 4.79 Å². The first kappa shape index (κ1) is 18.4. The van der Waals surface area contributed by atoms with Crippen molar-refractivity contribution in [3.8, 4) is 11.4 Å². The van der Waals surface area contributed by atoms with E-state index in [4.69, 9.17) is 16.3 Å². The smallest absolute Gasteiger partial charge is 0.234 e. The molecular formula is C19H18ClN3O2S. The van der Waals surface area contributed by atoms with Gasteiger partial charge in [0.2, 0.25) is 5.91 Å². The molecule has 7 heteroatoms. The summed E-state index contributed by atoms with van der Waals surface area (Å²) in [4.78, 5) is 16.5. The predicted molar refractivity (Wildman–Crippen MR) is 106 cm³/mol. The predicted octanol–water partition coefficient (Wildman–Crippen LogP) is 4.66. The van der Waals surface area contributed by atoms with Gasteiger partial charge in [-0.15, -0.1) is 0 Å². The number of thioether (sulfide) groups is 1. The summed E-state index contributed by atoms with van der Waals surface area (Å²) >= 11 is 7.41. The first-order valence-corrected chi connectivity index (χ1v) is 9.47. The lowest BCUT2D eigenvalue weighted by atomic mass is 10.3. The Kier molecular flexibility index (Phi) is 6.20. The van der Waals surface area contributed by atoms with E-state index in [1.165, 1.54) is 11.8 Å². The van der Waals surface area contributed by atoms with Crippen LogP contribution in [0.1, 0.15) is 6.92 Å². The van der Waals surface area contributed by atoms with Crippen LogP contribution in [0.5, 0.6) is 5.75 Å². The number of nitrogens with zero attached hydrogens (tertiary/aromatic N) is 2. The van der Waals surface area contributed by atoms with E-state index in [1.807, 2.05) is 66.2 Å². The third kappa shape index (κ3) is 4.80. The molecule has 0 aliphatic heterocycles. The van der Waals surface area contributed by atoms with Gasteiger partial charge in [0.25, 0.3) is 0 Å². The van der Waals surface area contributed by atoms with E-state index in [-0.39, 0.29) is 11.7 Å². The zero-order chi connectivity index (χ0) is 18.4. The van der Waals surface area contributed by atoms with E-state index in [0.29, 0.717) is 11.6 Å². The third-order valence-electron chi connectivity index (χ3n) is 3.47. The SMILES string of the molecule is CCOc1ccc(NC(=O)CSc2nccn2-c2cccc(Cl)c2)cc1. The second-order valence-electron chi connectivity index (χ2n) is 5.35. The molecule has 0 aliphatic rings. The molecule has 1 N–H and O–H groups in total. The molecule has 0 saturated heterocycles. The van der Waals surface area contributed by atoms with E-state index in [2.05, 4.69) is 10.3 Å². The fraction of sp³-hybridized carbons (Fsp3) is 0.158. The number of amides is 1. The van der Waals surface area contributed by atoms with Crippen LogP contribution in [0.2, 0.25) is 5.02 Å². The lowest BCUT2D eigenvalue weighted by molar-refractivity contribution is -0.113. The van der Waals surface area contributed by atoms with E-state index < -0.39 is 0 Å². The van der Waals surface area contributed by atoms with Gasteiger partial charge in [-0.25, -0.2) is 4.98 Å². The number of benzene rings is 2. The molecule has 0 spiro atoms. The van der Waals surface area contributed by atoms with Gasteiger partial charge in [0.15, 0.2) is 5.16 Å². The van der Waals surface area contributed by atoms with Gasteiger partial charge in [0.1, 0.15) is 5.75 Å². The van der Waals surface area contributed by atoms with Crippen LogP contribution in [0.3, 0.4) is 0 Å². The van der Waals surface area contributed by atoms with Crippen LogP contribution in [-0.2, 0) is 4.79 Å². The molecule has 0 bridgehead atoms. The van der Waals surface area contributed by atoms with Crippen LogP contribution in [0.4, 0.5) is 5.69 Å². The van der Waals surface area contributed by atoms with Gasteiger partial charge in [-0.3, -0.25) is 9.36 Å². The molecule has 0 fully saturated rings. The molecule has 1 amide bonds. The summed E-state index contributed by atoms with van der Waals surface area (Å²) < 4.78 is 7.29. The van der Waals surface area contributed by atoms with Gasteiger partial charge in [-0.2, -0.15) is 0 Å². The molecule has 0 aliphatic carbocycles. The minimum atomic E-state index is -0.0974. The maximum Gasteiger partial charge on any atom is 0.234 e. The Morgan fingerprint density at radius 1 is 1.27 bits per heavy atom. The second-order valence-corrected chi connectivity index (χ2v) is 6.73. The van der Waals surface area contributed by atoms with Gasteiger partial charge in [0.05, 0.1) is 12.4 Å². The highest BCUT2D eigenvalue weighted by molar-refractivity contribution is 7.99. The van der Waals surface area contributed by atoms with Crippen molar-refractivity contribution in [2.24, 2.45) is 0 Å². The minimum Gasteiger partial charge on any atom is -0.494 e. The molecule has 1 aromatic heterocycles. The van der Waals surface area contributed by atoms with Crippen molar-refractivity contribution >= 4 is 35.0 Å². The number of carbonyl (C=O) groups is 1. The summed E-state index contributed by atoms with van der Waals surface area (Å²) in [7, 11) is 0. The zero-order valence-corrected chi connectivity index (χ0v) is 15.8. The highest BCUT2D eigenvalue weighted by Crippen LogP contribution is 2.23. The van der Waals surface area contributed by atoms with E-state index in [1.54, 1.807) is 6.20 Å². The fourth-order valence-corrected chi connectivity index (χ4v) is 3.30. The first-order valence-electron chi connectivity index (χ1n) is 8.10. The highest BCUT2D eigenvalue weighted by atomic mass is 35.5. The summed E-state index contributed by atoms with van der Waals surface area (Å²) in [5, 5.41) is 4.25. The minimum absolute atomic E-state index is 0.0974. The van der Waals surface area contributed by atoms with E-state index >= 15 is 0 Å². The van der Waals surface area contributed by atoms with Gasteiger partial charge in [0, 0.05) is 28.8 Å². The fourth-order valence-electron chi connectivity index (χ4n) is 2.35. The Hall–Kier alpha value is -2.44. The summed E-state index contributed by atoms with van der Waals surface area (Å²) in [6.45, 7) is 2.54. The van der Waals surface area contributed by atoms with Gasteiger partial charge < -0.3 is 10.1 Å². The molecule has 0 saturated carbocycles. The molecule has 3 rings (SSSR count). The highest BCUT2D eigenvalue weighted by Gasteiger charge is 2.10. The van der Waals surface area contributed by atoms with Crippen LogP contribution in [0.25, 0.3) is 5.69 Å². The number of hydrogen-bond donors (Lipinski definition) is 1. The molecule has 0 unspecified atom stereocenters. The summed E-state index contributed by atoms with van der Waals surface area (Å²) in [6.07, 6.45) is 3.55. The topological polar surface area (TPSA) is 56.1 Å². The molecule has 3 aromatic rings. The Balaban J connectivity index is 1.59. The quantitative estimate of drug-likeness (QED) is 0.599. The van der Waals surface area contributed by atoms with Gasteiger partial charge in [-0.05, 0) is 49.4 Å². The molecule has 2 aromatic carbocycles. The number of halogens is 1. The Morgan fingerprint density at radius 3 is 2.81 bits per heavy atom. The number of nitrogens with one attached hydrogen (secondary N) is 1. The van der Waals surface area contributed by atoms with Crippen molar-refractivity contribution < 1.29 is 9.53 Å². The van der Waals surface area contributed by atoms with Gasteiger partial charge in [-0.1, -0.05) is 29.4 Å². The zero-order valence-electron chi connectivity index (χ0n) is 14.2. The van der Waals surface area contributed by atoms with Crippen LogP contribution in [0, 0.1) is 0 Å². The lowest BCUT2D eigenvalue weighted by Gasteiger charge is -2.09. The molecule has 0 atom stereocenters. The van der Waals surface area contributed by atoms with Crippen LogP contribution >= 0.6 is 23.4 Å². The first-order chi connectivity index (χ1) is 12.7. The number of ether oxygens (including phenoxy) is 1. The van der Waals surface area contributed by atoms with E-state index in [0.717, 1.165) is 22.3 Å². The summed E-state index contributed by atoms with van der Waals surface area (Å²) in [5.74, 6) is 0.938. The van der Waals surface area contributed by atoms with Crippen LogP contribution in [-0.4, -0.2) is 27.8 Å². The summed E-state index contributed by atoms with van der Waals surface area (Å²) in [5.41, 5.74) is 1.64. The Bertz CT molecular complexity index is 881. The largest absolute Gasteiger partial charge is 0.494 e. The average molecular weight is 388 g/mol. The van der Waals surface area contributed by atoms with Crippen molar-refractivity contribution in [1.29, 1.82) is 0 Å². The second kappa shape index (κ2) is 8.78. The number of carbonyl (C=O) groups excluding carboxylic acids is 1. The Labute approximate surface area is 161 Å². The van der Waals surface area contributed by atoms with Crippen LogP contribution in [0.15, 0.2) is 66.1 Å². The maximum atomic E-state index is 12.2. The number of anilines is 1. The maximum absolute atomic E-state index is 12.2. The lowest BCUT2D eigenvalue weighted by Crippen LogP contribution is -2.14. The van der Waals surface area contributed by atoms with Crippen molar-refractivity contribution in [1.82, 2.24) is 9.55 Å². The molecule has 134 valence electrons. The molecule has 26 heavy (non-hydrogen) atoms. The molecule has 1 heterocycles. The molecule has 5 nitrogen and oxygen atoms in total. The van der Waals surface area contributed by atoms with Crippen molar-refractivity contribution in [3.63, 3.8) is 0 Å². The molecular weight excluding hydrogens is 370 g/mol. The van der Waals surface area contributed by atoms with Gasteiger partial charge >= 0.3 is 0 Å².